The smallest absolute Gasteiger partial charge is 0.173 e. The molecular formula is C27H27BrN2O. The minimum atomic E-state index is 0. The molecule has 0 saturated heterocycles. The highest BCUT2D eigenvalue weighted by Crippen LogP contribution is 2.26. The highest BCUT2D eigenvalue weighted by Gasteiger charge is 2.14. The van der Waals surface area contributed by atoms with E-state index in [1.807, 2.05) is 30.6 Å². The Morgan fingerprint density at radius 3 is 1.97 bits per heavy atom. The van der Waals surface area contributed by atoms with E-state index in [2.05, 4.69) is 83.4 Å². The van der Waals surface area contributed by atoms with Crippen molar-refractivity contribution in [1.82, 2.24) is 0 Å². The van der Waals surface area contributed by atoms with Crippen molar-refractivity contribution in [3.63, 3.8) is 0 Å². The molecule has 1 unspecified atom stereocenters. The molecule has 0 amide bonds. The second-order valence-electron chi connectivity index (χ2n) is 7.49. The van der Waals surface area contributed by atoms with Gasteiger partial charge in [-0.2, -0.15) is 0 Å². The molecule has 0 aliphatic carbocycles. The number of nitrogen functional groups attached to an aromatic ring is 1. The van der Waals surface area contributed by atoms with Crippen LogP contribution in [0.3, 0.4) is 0 Å². The lowest BCUT2D eigenvalue weighted by atomic mass is 10.0. The number of rotatable bonds is 8. The van der Waals surface area contributed by atoms with Gasteiger partial charge in [0.25, 0.3) is 0 Å². The third-order valence-electron chi connectivity index (χ3n) is 5.19. The van der Waals surface area contributed by atoms with Gasteiger partial charge in [0.1, 0.15) is 11.9 Å². The van der Waals surface area contributed by atoms with Gasteiger partial charge < -0.3 is 27.5 Å². The van der Waals surface area contributed by atoms with Crippen LogP contribution in [0, 0.1) is 0 Å². The van der Waals surface area contributed by atoms with Crippen molar-refractivity contribution >= 4 is 5.69 Å². The predicted octanol–water partition coefficient (Wildman–Crippen LogP) is 2.36. The topological polar surface area (TPSA) is 39.1 Å². The van der Waals surface area contributed by atoms with Gasteiger partial charge in [0, 0.05) is 23.4 Å². The number of nitrogens with two attached hydrogens (primary N) is 1. The molecular weight excluding hydrogens is 448 g/mol. The Kier molecular flexibility index (Phi) is 8.25. The number of benzene rings is 3. The van der Waals surface area contributed by atoms with Crippen molar-refractivity contribution in [2.24, 2.45) is 0 Å². The minimum Gasteiger partial charge on any atom is -1.00 e. The van der Waals surface area contributed by atoms with Gasteiger partial charge in [0.05, 0.1) is 0 Å². The molecule has 0 aliphatic rings. The number of hydrogen-bond acceptors (Lipinski definition) is 2. The van der Waals surface area contributed by atoms with Crippen molar-refractivity contribution in [2.45, 2.75) is 25.5 Å². The molecule has 4 rings (SSSR count). The van der Waals surface area contributed by atoms with Gasteiger partial charge in [-0.3, -0.25) is 0 Å². The normalized spacial score (nSPS) is 11.4. The zero-order valence-corrected chi connectivity index (χ0v) is 19.0. The minimum absolute atomic E-state index is 0. The van der Waals surface area contributed by atoms with E-state index < -0.39 is 0 Å². The van der Waals surface area contributed by atoms with Gasteiger partial charge in [-0.1, -0.05) is 60.7 Å². The summed E-state index contributed by atoms with van der Waals surface area (Å²) >= 11 is 0. The van der Waals surface area contributed by atoms with E-state index in [-0.39, 0.29) is 23.1 Å². The maximum absolute atomic E-state index is 6.42. The summed E-state index contributed by atoms with van der Waals surface area (Å²) in [6.45, 7) is 0.802. The van der Waals surface area contributed by atoms with Crippen LogP contribution in [-0.4, -0.2) is 0 Å². The predicted molar refractivity (Wildman–Crippen MR) is 121 cm³/mol. The van der Waals surface area contributed by atoms with Gasteiger partial charge in [-0.05, 0) is 48.2 Å². The van der Waals surface area contributed by atoms with Crippen LogP contribution >= 0.6 is 0 Å². The molecule has 0 spiro atoms. The molecule has 3 aromatic carbocycles. The van der Waals surface area contributed by atoms with E-state index in [0.717, 1.165) is 30.8 Å². The van der Waals surface area contributed by atoms with E-state index in [0.29, 0.717) is 0 Å². The van der Waals surface area contributed by atoms with E-state index in [1.165, 1.54) is 16.7 Å². The Morgan fingerprint density at radius 1 is 0.710 bits per heavy atom. The molecule has 158 valence electrons. The van der Waals surface area contributed by atoms with Crippen molar-refractivity contribution in [1.29, 1.82) is 0 Å². The molecule has 2 N–H and O–H groups in total. The van der Waals surface area contributed by atoms with Gasteiger partial charge in [-0.25, -0.2) is 4.57 Å². The summed E-state index contributed by atoms with van der Waals surface area (Å²) in [5, 5.41) is 0. The van der Waals surface area contributed by atoms with Gasteiger partial charge in [0.15, 0.2) is 18.9 Å². The Balaban J connectivity index is 0.00000272. The summed E-state index contributed by atoms with van der Waals surface area (Å²) in [5.74, 6) is 0.892. The van der Waals surface area contributed by atoms with Gasteiger partial charge in [-0.15, -0.1) is 0 Å². The average molecular weight is 475 g/mol. The zero-order valence-electron chi connectivity index (χ0n) is 17.4. The summed E-state index contributed by atoms with van der Waals surface area (Å²) in [6, 6.07) is 33.2. The van der Waals surface area contributed by atoms with Gasteiger partial charge >= 0.3 is 0 Å². The molecule has 4 heteroatoms. The lowest BCUT2D eigenvalue weighted by Gasteiger charge is -2.20. The molecule has 0 aliphatic heterocycles. The van der Waals surface area contributed by atoms with Crippen LogP contribution in [0.4, 0.5) is 5.69 Å². The fourth-order valence-electron chi connectivity index (χ4n) is 3.53. The molecule has 1 atom stereocenters. The first-order valence-corrected chi connectivity index (χ1v) is 10.4. The first-order valence-electron chi connectivity index (χ1n) is 10.4. The fraction of sp³-hybridized carbons (Fsp3) is 0.148. The first-order chi connectivity index (χ1) is 14.8. The van der Waals surface area contributed by atoms with Crippen LogP contribution in [0.1, 0.15) is 29.2 Å². The van der Waals surface area contributed by atoms with E-state index in [1.54, 1.807) is 0 Å². The standard InChI is InChI=1S/C27H26N2O.BrH/c28-25-17-19-29(20-18-25)21-23-11-14-26(15-12-23)30-27(24-9-5-2-6-10-24)16-13-22-7-3-1-4-8-22;/h1-12,14-15,17-20,27-28H,13,16,21H2;1H. The summed E-state index contributed by atoms with van der Waals surface area (Å²) in [5.41, 5.74) is 10.3. The summed E-state index contributed by atoms with van der Waals surface area (Å²) in [6.07, 6.45) is 5.91. The Morgan fingerprint density at radius 2 is 1.32 bits per heavy atom. The van der Waals surface area contributed by atoms with Crippen LogP contribution in [0.5, 0.6) is 5.75 Å². The average Bonchev–Trinajstić information content (AvgIpc) is 2.80. The second-order valence-corrected chi connectivity index (χ2v) is 7.49. The number of aryl methyl sites for hydroxylation is 1. The largest absolute Gasteiger partial charge is 1.00 e. The van der Waals surface area contributed by atoms with Gasteiger partial charge in [0.2, 0.25) is 0 Å². The number of aromatic nitrogens is 1. The first kappa shape index (κ1) is 22.6. The monoisotopic (exact) mass is 474 g/mol. The highest BCUT2D eigenvalue weighted by molar-refractivity contribution is 5.33. The molecule has 1 aromatic heterocycles. The lowest BCUT2D eigenvalue weighted by Crippen LogP contribution is -3.00. The van der Waals surface area contributed by atoms with Crippen LogP contribution in [0.25, 0.3) is 0 Å². The molecule has 3 nitrogen and oxygen atoms in total. The van der Waals surface area contributed by atoms with Crippen molar-refractivity contribution < 1.29 is 26.3 Å². The van der Waals surface area contributed by atoms with Crippen LogP contribution in [-0.2, 0) is 13.0 Å². The van der Waals surface area contributed by atoms with Crippen molar-refractivity contribution in [3.05, 3.63) is 126 Å². The Hall–Kier alpha value is -3.11. The molecule has 0 radical (unpaired) electrons. The number of hydrogen-bond donors (Lipinski definition) is 1. The van der Waals surface area contributed by atoms with E-state index >= 15 is 0 Å². The Labute approximate surface area is 194 Å². The number of nitrogens with zero attached hydrogens (tertiary/aromatic N) is 1. The molecule has 31 heavy (non-hydrogen) atoms. The molecule has 4 aromatic rings. The highest BCUT2D eigenvalue weighted by atomic mass is 79.9. The van der Waals surface area contributed by atoms with E-state index in [9.17, 15) is 0 Å². The van der Waals surface area contributed by atoms with Crippen molar-refractivity contribution in [3.8, 4) is 5.75 Å². The molecule has 0 fully saturated rings. The molecule has 0 bridgehead atoms. The third-order valence-corrected chi connectivity index (χ3v) is 5.19. The van der Waals surface area contributed by atoms with E-state index in [4.69, 9.17) is 10.5 Å². The third kappa shape index (κ3) is 6.69. The van der Waals surface area contributed by atoms with Crippen LogP contribution in [0.15, 0.2) is 109 Å². The zero-order chi connectivity index (χ0) is 20.6. The van der Waals surface area contributed by atoms with Crippen LogP contribution < -0.4 is 32.0 Å². The molecule has 0 saturated carbocycles. The number of anilines is 1. The number of pyridine rings is 1. The quantitative estimate of drug-likeness (QED) is 0.398. The summed E-state index contributed by atoms with van der Waals surface area (Å²) in [7, 11) is 0. The number of ether oxygens (including phenoxy) is 1. The maximum Gasteiger partial charge on any atom is 0.173 e. The number of halogens is 1. The summed E-state index contributed by atoms with van der Waals surface area (Å²) < 4.78 is 8.53. The SMILES string of the molecule is Nc1cc[n+](Cc2ccc(OC(CCc3ccccc3)c3ccccc3)cc2)cc1.[Br-]. The lowest BCUT2D eigenvalue weighted by molar-refractivity contribution is -0.688. The Bertz CT molecular complexity index is 1040. The van der Waals surface area contributed by atoms with Crippen molar-refractivity contribution in [2.75, 3.05) is 5.73 Å². The molecule has 1 heterocycles. The summed E-state index contributed by atoms with van der Waals surface area (Å²) in [4.78, 5) is 0. The van der Waals surface area contributed by atoms with Crippen LogP contribution in [0.2, 0.25) is 0 Å². The fourth-order valence-corrected chi connectivity index (χ4v) is 3.53. The maximum atomic E-state index is 6.42. The second kappa shape index (κ2) is 11.3.